The van der Waals surface area contributed by atoms with Gasteiger partial charge in [0.05, 0.1) is 17.2 Å². The van der Waals surface area contributed by atoms with Crippen LogP contribution < -0.4 is 11.1 Å². The average molecular weight is 463 g/mol. The minimum atomic E-state index is -0.580. The van der Waals surface area contributed by atoms with Gasteiger partial charge in [0.2, 0.25) is 0 Å². The lowest BCUT2D eigenvalue weighted by molar-refractivity contribution is 0.0972. The van der Waals surface area contributed by atoms with Gasteiger partial charge in [-0.05, 0) is 26.0 Å². The number of hydrogen-bond acceptors (Lipinski definition) is 5. The number of primary amides is 1. The monoisotopic (exact) mass is 463 g/mol. The van der Waals surface area contributed by atoms with Crippen LogP contribution in [-0.4, -0.2) is 35.3 Å². The van der Waals surface area contributed by atoms with E-state index in [1.165, 1.54) is 0 Å². The highest BCUT2D eigenvalue weighted by molar-refractivity contribution is 14.0. The molecule has 2 aromatic heterocycles. The number of thiazole rings is 1. The molecule has 1 amide bonds. The molecule has 0 fully saturated rings. The van der Waals surface area contributed by atoms with Gasteiger partial charge in [-0.3, -0.25) is 4.79 Å². The van der Waals surface area contributed by atoms with Gasteiger partial charge < -0.3 is 20.4 Å². The zero-order chi connectivity index (χ0) is 16.8. The third kappa shape index (κ3) is 5.78. The van der Waals surface area contributed by atoms with Crippen molar-refractivity contribution < 1.29 is 9.21 Å². The SMILES string of the molecule is CCNC(=NCc1ccc(C(N)=O)o1)N(C)Cc1csc(C)n1.I. The highest BCUT2D eigenvalue weighted by Gasteiger charge is 2.10. The third-order valence-electron chi connectivity index (χ3n) is 3.05. The largest absolute Gasteiger partial charge is 0.454 e. The fourth-order valence-corrected chi connectivity index (χ4v) is 2.62. The number of aromatic nitrogens is 1. The summed E-state index contributed by atoms with van der Waals surface area (Å²) in [5, 5.41) is 6.32. The topological polar surface area (TPSA) is 96.7 Å². The zero-order valence-electron chi connectivity index (χ0n) is 13.9. The molecule has 0 radical (unpaired) electrons. The molecule has 0 bridgehead atoms. The van der Waals surface area contributed by atoms with Crippen LogP contribution in [0.4, 0.5) is 0 Å². The van der Waals surface area contributed by atoms with Crippen LogP contribution in [0.2, 0.25) is 0 Å². The average Bonchev–Trinajstić information content (AvgIpc) is 3.12. The number of nitrogens with one attached hydrogen (secondary N) is 1. The summed E-state index contributed by atoms with van der Waals surface area (Å²) in [5.74, 6) is 0.900. The Balaban J connectivity index is 0.00000288. The highest BCUT2D eigenvalue weighted by Crippen LogP contribution is 2.11. The maximum absolute atomic E-state index is 11.0. The van der Waals surface area contributed by atoms with Crippen LogP contribution in [0.25, 0.3) is 0 Å². The number of carbonyl (C=O) groups is 1. The molecule has 0 saturated carbocycles. The van der Waals surface area contributed by atoms with Crippen molar-refractivity contribution in [2.24, 2.45) is 10.7 Å². The Morgan fingerprint density at radius 1 is 1.50 bits per heavy atom. The molecule has 0 aromatic carbocycles. The minimum absolute atomic E-state index is 0. The lowest BCUT2D eigenvalue weighted by atomic mass is 10.4. The molecule has 2 aromatic rings. The van der Waals surface area contributed by atoms with Gasteiger partial charge in [-0.2, -0.15) is 0 Å². The van der Waals surface area contributed by atoms with Gasteiger partial charge in [0.1, 0.15) is 12.3 Å². The molecule has 3 N–H and O–H groups in total. The number of halogens is 1. The first-order valence-electron chi connectivity index (χ1n) is 7.28. The van der Waals surface area contributed by atoms with Crippen LogP contribution in [0, 0.1) is 6.92 Å². The Hall–Kier alpha value is -1.62. The number of amides is 1. The van der Waals surface area contributed by atoms with Gasteiger partial charge in [0, 0.05) is 19.0 Å². The Morgan fingerprint density at radius 2 is 2.25 bits per heavy atom. The molecule has 0 saturated heterocycles. The standard InChI is InChI=1S/C15H21N5O2S.HI/c1-4-17-15(20(3)8-11-9-23-10(2)19-11)18-7-12-5-6-13(22-12)14(16)21;/h5-6,9H,4,7-8H2,1-3H3,(H2,16,21)(H,17,18);1H. The second kappa shape index (κ2) is 9.62. The summed E-state index contributed by atoms with van der Waals surface area (Å²) in [6.45, 7) is 5.75. The number of carbonyl (C=O) groups excluding carboxylic acids is 1. The van der Waals surface area contributed by atoms with Crippen molar-refractivity contribution in [2.45, 2.75) is 26.9 Å². The molecule has 7 nitrogen and oxygen atoms in total. The molecular weight excluding hydrogens is 441 g/mol. The van der Waals surface area contributed by atoms with Crippen molar-refractivity contribution in [3.63, 3.8) is 0 Å². The first kappa shape index (κ1) is 20.4. The minimum Gasteiger partial charge on any atom is -0.454 e. The van der Waals surface area contributed by atoms with Crippen LogP contribution in [-0.2, 0) is 13.1 Å². The van der Waals surface area contributed by atoms with E-state index in [0.29, 0.717) is 18.8 Å². The Bertz CT molecular complexity index is 698. The molecule has 0 aliphatic rings. The molecule has 132 valence electrons. The van der Waals surface area contributed by atoms with Gasteiger partial charge in [0.15, 0.2) is 11.7 Å². The smallest absolute Gasteiger partial charge is 0.284 e. The van der Waals surface area contributed by atoms with E-state index in [-0.39, 0.29) is 29.7 Å². The highest BCUT2D eigenvalue weighted by atomic mass is 127. The summed E-state index contributed by atoms with van der Waals surface area (Å²) in [7, 11) is 1.95. The van der Waals surface area contributed by atoms with Crippen molar-refractivity contribution in [1.29, 1.82) is 0 Å². The van der Waals surface area contributed by atoms with Crippen LogP contribution in [0.5, 0.6) is 0 Å². The number of guanidine groups is 1. The normalized spacial score (nSPS) is 11.0. The molecular formula is C15H22IN5O2S. The lowest BCUT2D eigenvalue weighted by Gasteiger charge is -2.21. The summed E-state index contributed by atoms with van der Waals surface area (Å²) in [4.78, 5) is 22.0. The van der Waals surface area contributed by atoms with Crippen LogP contribution in [0.1, 0.15) is 33.9 Å². The van der Waals surface area contributed by atoms with Crippen molar-refractivity contribution in [1.82, 2.24) is 15.2 Å². The van der Waals surface area contributed by atoms with Crippen molar-refractivity contribution in [2.75, 3.05) is 13.6 Å². The van der Waals surface area contributed by atoms with E-state index in [0.717, 1.165) is 23.2 Å². The van der Waals surface area contributed by atoms with E-state index in [2.05, 4.69) is 15.3 Å². The van der Waals surface area contributed by atoms with Crippen molar-refractivity contribution in [3.05, 3.63) is 39.7 Å². The molecule has 9 heteroatoms. The summed E-state index contributed by atoms with van der Waals surface area (Å²) in [6.07, 6.45) is 0. The van der Waals surface area contributed by atoms with Gasteiger partial charge >= 0.3 is 0 Å². The molecule has 24 heavy (non-hydrogen) atoms. The molecule has 0 aliphatic heterocycles. The molecule has 0 aliphatic carbocycles. The molecule has 0 atom stereocenters. The number of aryl methyl sites for hydroxylation is 1. The predicted molar refractivity (Wildman–Crippen MR) is 106 cm³/mol. The lowest BCUT2D eigenvalue weighted by Crippen LogP contribution is -2.38. The Labute approximate surface area is 162 Å². The van der Waals surface area contributed by atoms with E-state index in [9.17, 15) is 4.79 Å². The van der Waals surface area contributed by atoms with Crippen LogP contribution in [0.15, 0.2) is 26.9 Å². The molecule has 0 unspecified atom stereocenters. The Morgan fingerprint density at radius 3 is 2.79 bits per heavy atom. The van der Waals surface area contributed by atoms with Crippen molar-refractivity contribution in [3.8, 4) is 0 Å². The summed E-state index contributed by atoms with van der Waals surface area (Å²) in [6, 6.07) is 3.26. The van der Waals surface area contributed by atoms with Crippen LogP contribution >= 0.6 is 35.3 Å². The second-order valence-electron chi connectivity index (χ2n) is 5.01. The number of hydrogen-bond donors (Lipinski definition) is 2. The number of nitrogens with two attached hydrogens (primary N) is 1. The van der Waals surface area contributed by atoms with E-state index in [1.54, 1.807) is 23.5 Å². The summed E-state index contributed by atoms with van der Waals surface area (Å²) >= 11 is 1.63. The van der Waals surface area contributed by atoms with Crippen molar-refractivity contribution >= 4 is 47.2 Å². The molecule has 0 spiro atoms. The summed E-state index contributed by atoms with van der Waals surface area (Å²) < 4.78 is 5.34. The number of nitrogens with zero attached hydrogens (tertiary/aromatic N) is 3. The molecule has 2 heterocycles. The number of rotatable bonds is 6. The quantitative estimate of drug-likeness (QED) is 0.390. The maximum Gasteiger partial charge on any atom is 0.284 e. The zero-order valence-corrected chi connectivity index (χ0v) is 17.1. The fraction of sp³-hybridized carbons (Fsp3) is 0.400. The first-order valence-corrected chi connectivity index (χ1v) is 8.16. The number of aliphatic imine (C=N–C) groups is 1. The first-order chi connectivity index (χ1) is 11.0. The number of furan rings is 1. The fourth-order valence-electron chi connectivity index (χ4n) is 2.02. The van der Waals surface area contributed by atoms with Gasteiger partial charge in [-0.25, -0.2) is 9.98 Å². The maximum atomic E-state index is 11.0. The van der Waals surface area contributed by atoms with E-state index in [1.807, 2.05) is 31.2 Å². The van der Waals surface area contributed by atoms with Gasteiger partial charge in [0.25, 0.3) is 5.91 Å². The second-order valence-corrected chi connectivity index (χ2v) is 6.08. The third-order valence-corrected chi connectivity index (χ3v) is 3.87. The molecule has 2 rings (SSSR count). The van der Waals surface area contributed by atoms with E-state index in [4.69, 9.17) is 10.2 Å². The Kier molecular flexibility index (Phi) is 8.19. The van der Waals surface area contributed by atoms with Crippen LogP contribution in [0.3, 0.4) is 0 Å². The predicted octanol–water partition coefficient (Wildman–Crippen LogP) is 2.36. The van der Waals surface area contributed by atoms with E-state index < -0.39 is 5.91 Å². The van der Waals surface area contributed by atoms with Gasteiger partial charge in [-0.1, -0.05) is 0 Å². The van der Waals surface area contributed by atoms with Gasteiger partial charge in [-0.15, -0.1) is 35.3 Å². The summed E-state index contributed by atoms with van der Waals surface area (Å²) in [5.41, 5.74) is 6.18. The van der Waals surface area contributed by atoms with E-state index >= 15 is 0 Å².